The highest BCUT2D eigenvalue weighted by atomic mass is 32.2. The van der Waals surface area contributed by atoms with E-state index in [1.807, 2.05) is 0 Å². The Balaban J connectivity index is 1.56. The maximum Gasteiger partial charge on any atom is 0.330 e. The van der Waals surface area contributed by atoms with Gasteiger partial charge in [-0.1, -0.05) is 11.8 Å². The first kappa shape index (κ1) is 21.6. The number of nitrogen functional groups attached to an aromatic ring is 1. The van der Waals surface area contributed by atoms with E-state index in [9.17, 15) is 19.2 Å². The van der Waals surface area contributed by atoms with E-state index < -0.39 is 22.9 Å². The van der Waals surface area contributed by atoms with Gasteiger partial charge in [0, 0.05) is 18.9 Å². The topological polar surface area (TPSA) is 185 Å². The summed E-state index contributed by atoms with van der Waals surface area (Å²) in [6, 6.07) is 3.42. The fourth-order valence-electron chi connectivity index (χ4n) is 3.30. The molecule has 32 heavy (non-hydrogen) atoms. The second-order valence-electron chi connectivity index (χ2n) is 7.36. The Morgan fingerprint density at radius 3 is 2.72 bits per heavy atom. The number of aryl methyl sites for hydroxylation is 1. The molecule has 0 atom stereocenters. The molecule has 5 N–H and O–H groups in total. The maximum atomic E-state index is 12.8. The number of rotatable bonds is 10. The maximum absolute atomic E-state index is 12.8. The molecule has 1 saturated carbocycles. The summed E-state index contributed by atoms with van der Waals surface area (Å²) in [6.45, 7) is 0.292. The van der Waals surface area contributed by atoms with Crippen molar-refractivity contribution in [3.63, 3.8) is 0 Å². The number of aromatic amines is 1. The molecule has 1 amide bonds. The lowest BCUT2D eigenvalue weighted by atomic mass is 10.2. The van der Waals surface area contributed by atoms with Crippen LogP contribution in [0.4, 0.5) is 5.82 Å². The number of aromatic nitrogens is 5. The molecular formula is C19H21N7O5S. The van der Waals surface area contributed by atoms with Crippen molar-refractivity contribution in [3.05, 3.63) is 56.4 Å². The van der Waals surface area contributed by atoms with E-state index in [0.29, 0.717) is 23.3 Å². The highest BCUT2D eigenvalue weighted by Gasteiger charge is 2.30. The van der Waals surface area contributed by atoms with E-state index >= 15 is 0 Å². The minimum Gasteiger partial charge on any atom is -0.467 e. The van der Waals surface area contributed by atoms with E-state index in [0.717, 1.165) is 24.6 Å². The van der Waals surface area contributed by atoms with Crippen LogP contribution >= 0.6 is 11.8 Å². The van der Waals surface area contributed by atoms with Crippen LogP contribution in [-0.2, 0) is 17.8 Å². The third-order valence-corrected chi connectivity index (χ3v) is 5.95. The number of carbonyl (C=O) groups excluding carboxylic acids is 2. The summed E-state index contributed by atoms with van der Waals surface area (Å²) in [4.78, 5) is 50.5. The van der Waals surface area contributed by atoms with Crippen LogP contribution in [0.15, 0.2) is 37.6 Å². The lowest BCUT2D eigenvalue weighted by molar-refractivity contribution is -0.118. The Labute approximate surface area is 185 Å². The van der Waals surface area contributed by atoms with Gasteiger partial charge in [-0.25, -0.2) is 4.79 Å². The standard InChI is InChI=1S/C19H21N7O5S/c20-13(28)5-6-14-23-24-19(25(14)8-11-2-1-7-31-11)32-9-12(27)15-16(21)26(10-3-4-10)18(30)22-17(15)29/h1-2,7,10H,3-6,8-9,21H2,(H2,20,28)(H,22,29,30). The summed E-state index contributed by atoms with van der Waals surface area (Å²) in [5, 5.41) is 8.62. The van der Waals surface area contributed by atoms with Crippen LogP contribution in [0, 0.1) is 0 Å². The normalized spacial score (nSPS) is 13.4. The SMILES string of the molecule is NC(=O)CCc1nnc(SCC(=O)c2c(N)n(C3CC3)c(=O)[nH]c2=O)n1Cc1ccco1. The van der Waals surface area contributed by atoms with Crippen molar-refractivity contribution >= 4 is 29.3 Å². The fourth-order valence-corrected chi connectivity index (χ4v) is 4.12. The third kappa shape index (κ3) is 4.51. The number of amides is 1. The van der Waals surface area contributed by atoms with Crippen molar-refractivity contribution in [1.82, 2.24) is 24.3 Å². The minimum absolute atomic E-state index is 0.0918. The van der Waals surface area contributed by atoms with Crippen LogP contribution in [0.1, 0.15) is 47.2 Å². The van der Waals surface area contributed by atoms with E-state index in [1.54, 1.807) is 16.7 Å². The largest absolute Gasteiger partial charge is 0.467 e. The average molecular weight is 459 g/mol. The van der Waals surface area contributed by atoms with Crippen LogP contribution in [0.2, 0.25) is 0 Å². The fraction of sp³-hybridized carbons (Fsp3) is 0.368. The van der Waals surface area contributed by atoms with Crippen molar-refractivity contribution in [2.24, 2.45) is 5.73 Å². The zero-order chi connectivity index (χ0) is 22.8. The number of primary amides is 1. The Kier molecular flexibility index (Phi) is 5.99. The van der Waals surface area contributed by atoms with E-state index in [4.69, 9.17) is 15.9 Å². The molecule has 0 spiro atoms. The van der Waals surface area contributed by atoms with Gasteiger partial charge < -0.3 is 15.9 Å². The molecule has 0 aliphatic heterocycles. The number of ketones is 1. The highest BCUT2D eigenvalue weighted by Crippen LogP contribution is 2.35. The van der Waals surface area contributed by atoms with Crippen molar-refractivity contribution in [3.8, 4) is 0 Å². The van der Waals surface area contributed by atoms with Gasteiger partial charge in [0.05, 0.1) is 18.6 Å². The first-order chi connectivity index (χ1) is 15.3. The molecule has 3 aromatic rings. The van der Waals surface area contributed by atoms with Crippen LogP contribution in [-0.4, -0.2) is 41.8 Å². The van der Waals surface area contributed by atoms with Gasteiger partial charge in [0.15, 0.2) is 10.9 Å². The monoisotopic (exact) mass is 459 g/mol. The molecule has 0 aromatic carbocycles. The number of hydrogen-bond donors (Lipinski definition) is 3. The second kappa shape index (κ2) is 8.86. The highest BCUT2D eigenvalue weighted by molar-refractivity contribution is 7.99. The van der Waals surface area contributed by atoms with Crippen LogP contribution in [0.5, 0.6) is 0 Å². The van der Waals surface area contributed by atoms with Crippen molar-refractivity contribution in [1.29, 1.82) is 0 Å². The van der Waals surface area contributed by atoms with Gasteiger partial charge in [0.25, 0.3) is 5.56 Å². The van der Waals surface area contributed by atoms with E-state index in [2.05, 4.69) is 15.2 Å². The van der Waals surface area contributed by atoms with Gasteiger partial charge in [0.2, 0.25) is 5.91 Å². The zero-order valence-electron chi connectivity index (χ0n) is 16.9. The quantitative estimate of drug-likeness (QED) is 0.279. The van der Waals surface area contributed by atoms with E-state index in [-0.39, 0.29) is 36.0 Å². The Morgan fingerprint density at radius 2 is 2.06 bits per heavy atom. The molecular weight excluding hydrogens is 438 g/mol. The lowest BCUT2D eigenvalue weighted by Crippen LogP contribution is -2.36. The number of nitrogens with one attached hydrogen (secondary N) is 1. The summed E-state index contributed by atoms with van der Waals surface area (Å²) in [5.74, 6) is -0.129. The van der Waals surface area contributed by atoms with Gasteiger partial charge >= 0.3 is 5.69 Å². The number of hydrogen-bond acceptors (Lipinski definition) is 9. The van der Waals surface area contributed by atoms with Crippen molar-refractivity contribution in [2.75, 3.05) is 11.5 Å². The Bertz CT molecular complexity index is 1270. The smallest absolute Gasteiger partial charge is 0.330 e. The van der Waals surface area contributed by atoms with Gasteiger partial charge in [-0.2, -0.15) is 0 Å². The molecule has 0 bridgehead atoms. The third-order valence-electron chi connectivity index (χ3n) is 4.99. The van der Waals surface area contributed by atoms with Crippen LogP contribution in [0.3, 0.4) is 0 Å². The molecule has 3 aromatic heterocycles. The van der Waals surface area contributed by atoms with Gasteiger partial charge in [-0.3, -0.25) is 28.5 Å². The molecule has 0 radical (unpaired) electrons. The number of carbonyl (C=O) groups is 2. The number of furan rings is 1. The molecule has 0 unspecified atom stereocenters. The summed E-state index contributed by atoms with van der Waals surface area (Å²) in [5.41, 5.74) is 9.58. The molecule has 13 heteroatoms. The zero-order valence-corrected chi connectivity index (χ0v) is 17.8. The molecule has 1 aliphatic rings. The first-order valence-electron chi connectivity index (χ1n) is 9.88. The van der Waals surface area contributed by atoms with Crippen LogP contribution < -0.4 is 22.7 Å². The summed E-state index contributed by atoms with van der Waals surface area (Å²) < 4.78 is 8.37. The number of Topliss-reactive ketones (excluding diaryl/α,β-unsaturated/α-hetero) is 1. The minimum atomic E-state index is -0.811. The number of thioether (sulfide) groups is 1. The molecule has 0 saturated heterocycles. The Morgan fingerprint density at radius 1 is 1.28 bits per heavy atom. The molecule has 1 fully saturated rings. The Hall–Kier alpha value is -3.61. The number of nitrogens with two attached hydrogens (primary N) is 2. The molecule has 4 rings (SSSR count). The molecule has 1 aliphatic carbocycles. The second-order valence-corrected chi connectivity index (χ2v) is 8.31. The number of H-pyrrole nitrogens is 1. The molecule has 12 nitrogen and oxygen atoms in total. The predicted octanol–water partition coefficient (Wildman–Crippen LogP) is 0.0794. The average Bonchev–Trinajstić information content (AvgIpc) is 3.28. The van der Waals surface area contributed by atoms with Crippen LogP contribution in [0.25, 0.3) is 0 Å². The summed E-state index contributed by atoms with van der Waals surface area (Å²) in [6.07, 6.45) is 3.43. The molecule has 3 heterocycles. The van der Waals surface area contributed by atoms with Gasteiger partial charge in [0.1, 0.15) is 23.0 Å². The predicted molar refractivity (Wildman–Crippen MR) is 114 cm³/mol. The lowest BCUT2D eigenvalue weighted by Gasteiger charge is -2.11. The molecule has 168 valence electrons. The van der Waals surface area contributed by atoms with Gasteiger partial charge in [-0.15, -0.1) is 10.2 Å². The summed E-state index contributed by atoms with van der Waals surface area (Å²) in [7, 11) is 0. The van der Waals surface area contributed by atoms with Gasteiger partial charge in [-0.05, 0) is 25.0 Å². The van der Waals surface area contributed by atoms with E-state index in [1.165, 1.54) is 10.8 Å². The number of nitrogens with zero attached hydrogens (tertiary/aromatic N) is 4. The number of anilines is 1. The van der Waals surface area contributed by atoms with Crippen molar-refractivity contribution in [2.45, 2.75) is 43.4 Å². The first-order valence-corrected chi connectivity index (χ1v) is 10.9. The van der Waals surface area contributed by atoms with Crippen molar-refractivity contribution < 1.29 is 14.0 Å². The summed E-state index contributed by atoms with van der Waals surface area (Å²) >= 11 is 1.06.